The van der Waals surface area contributed by atoms with Gasteiger partial charge in [0.2, 0.25) is 5.95 Å². The highest BCUT2D eigenvalue weighted by atomic mass is 15.2. The van der Waals surface area contributed by atoms with E-state index in [1.165, 1.54) is 55.2 Å². The van der Waals surface area contributed by atoms with Gasteiger partial charge in [0.15, 0.2) is 0 Å². The average Bonchev–Trinajstić information content (AvgIpc) is 3.87. The average molecular weight is 849 g/mol. The van der Waals surface area contributed by atoms with Gasteiger partial charge in [0.05, 0.1) is 33.3 Å². The van der Waals surface area contributed by atoms with Gasteiger partial charge < -0.3 is 4.57 Å². The van der Waals surface area contributed by atoms with Crippen molar-refractivity contribution in [2.75, 3.05) is 0 Å². The monoisotopic (exact) mass is 848 g/mol. The van der Waals surface area contributed by atoms with E-state index in [-0.39, 0.29) is 5.41 Å². The molecule has 66 heavy (non-hydrogen) atoms. The summed E-state index contributed by atoms with van der Waals surface area (Å²) in [5.74, 6) is 0.642. The van der Waals surface area contributed by atoms with Crippen LogP contribution in [-0.2, 0) is 5.41 Å². The van der Waals surface area contributed by atoms with Crippen molar-refractivity contribution in [3.8, 4) is 34.0 Å². The second kappa shape index (κ2) is 15.6. The number of nitrogens with zero attached hydrogens (tertiary/aromatic N) is 4. The molecule has 0 aliphatic heterocycles. The number of hydrogen-bond acceptors (Lipinski definition) is 2. The van der Waals surface area contributed by atoms with Gasteiger partial charge in [0.1, 0.15) is 0 Å². The largest absolute Gasteiger partial charge is 0.309 e. The lowest BCUT2D eigenvalue weighted by molar-refractivity contribution is 0.661. The van der Waals surface area contributed by atoms with Crippen LogP contribution in [0.5, 0.6) is 0 Å². The molecule has 0 spiro atoms. The maximum Gasteiger partial charge on any atom is 0.235 e. The van der Waals surface area contributed by atoms with Crippen LogP contribution in [0.15, 0.2) is 212 Å². The highest BCUT2D eigenvalue weighted by molar-refractivity contribution is 6.15. The number of fused-ring (bicyclic) bond motifs is 10. The molecule has 2 aliphatic rings. The van der Waals surface area contributed by atoms with Gasteiger partial charge in [-0.05, 0) is 93.9 Å². The lowest BCUT2D eigenvalue weighted by Crippen LogP contribution is -2.15. The first-order valence-electron chi connectivity index (χ1n) is 23.2. The second-order valence-corrected chi connectivity index (χ2v) is 17.7. The quantitative estimate of drug-likeness (QED) is 0.173. The van der Waals surface area contributed by atoms with Crippen molar-refractivity contribution in [3.63, 3.8) is 0 Å². The van der Waals surface area contributed by atoms with E-state index in [9.17, 15) is 0 Å². The molecule has 0 N–H and O–H groups in total. The summed E-state index contributed by atoms with van der Waals surface area (Å²) in [6, 6.07) is 67.9. The molecule has 0 bridgehead atoms. The summed E-state index contributed by atoms with van der Waals surface area (Å²) in [4.78, 5) is 10.9. The first-order valence-corrected chi connectivity index (χ1v) is 23.2. The van der Waals surface area contributed by atoms with Gasteiger partial charge in [-0.15, -0.1) is 0 Å². The lowest BCUT2D eigenvalue weighted by Gasteiger charge is -2.22. The number of para-hydroxylation sites is 4. The van der Waals surface area contributed by atoms with Crippen LogP contribution >= 0.6 is 0 Å². The van der Waals surface area contributed by atoms with Crippen molar-refractivity contribution in [3.05, 3.63) is 229 Å². The Morgan fingerprint density at radius 1 is 0.470 bits per heavy atom. The summed E-state index contributed by atoms with van der Waals surface area (Å²) < 4.78 is 4.71. The maximum absolute atomic E-state index is 5.49. The van der Waals surface area contributed by atoms with Crippen LogP contribution < -0.4 is 0 Å². The van der Waals surface area contributed by atoms with Crippen molar-refractivity contribution in [1.82, 2.24) is 19.1 Å². The number of aromatic nitrogens is 4. The lowest BCUT2D eigenvalue weighted by atomic mass is 9.81. The number of benzene rings is 8. The molecule has 0 amide bonds. The Kier molecular flexibility index (Phi) is 9.32. The van der Waals surface area contributed by atoms with Crippen LogP contribution in [0.2, 0.25) is 0 Å². The molecule has 2 aliphatic carbocycles. The van der Waals surface area contributed by atoms with E-state index in [1.54, 1.807) is 0 Å². The fourth-order valence-corrected chi connectivity index (χ4v) is 10.8. The molecule has 0 radical (unpaired) electrons. The van der Waals surface area contributed by atoms with Gasteiger partial charge in [-0.3, -0.25) is 4.57 Å². The summed E-state index contributed by atoms with van der Waals surface area (Å²) in [5.41, 5.74) is 18.6. The van der Waals surface area contributed by atoms with Crippen molar-refractivity contribution in [2.45, 2.75) is 39.5 Å². The van der Waals surface area contributed by atoms with E-state index in [4.69, 9.17) is 9.97 Å². The third-order valence-electron chi connectivity index (χ3n) is 13.8. The van der Waals surface area contributed by atoms with Gasteiger partial charge in [-0.2, -0.15) is 0 Å². The fourth-order valence-electron chi connectivity index (χ4n) is 10.8. The predicted octanol–water partition coefficient (Wildman–Crippen LogP) is 16.3. The van der Waals surface area contributed by atoms with Crippen LogP contribution in [0.3, 0.4) is 0 Å². The Hall–Kier alpha value is -8.08. The van der Waals surface area contributed by atoms with E-state index in [1.807, 2.05) is 13.8 Å². The van der Waals surface area contributed by atoms with Crippen molar-refractivity contribution < 1.29 is 0 Å². The minimum Gasteiger partial charge on any atom is -0.309 e. The smallest absolute Gasteiger partial charge is 0.235 e. The van der Waals surface area contributed by atoms with E-state index >= 15 is 0 Å². The van der Waals surface area contributed by atoms with Gasteiger partial charge in [0, 0.05) is 49.2 Å². The molecule has 13 rings (SSSR count). The molecule has 4 nitrogen and oxygen atoms in total. The third kappa shape index (κ3) is 6.05. The Morgan fingerprint density at radius 2 is 1.09 bits per heavy atom. The molecule has 316 valence electrons. The zero-order chi connectivity index (χ0) is 44.5. The van der Waals surface area contributed by atoms with Crippen LogP contribution in [0.25, 0.3) is 99.7 Å². The summed E-state index contributed by atoms with van der Waals surface area (Å²) in [6.07, 6.45) is 8.12. The molecule has 3 aromatic heterocycles. The number of rotatable bonds is 5. The van der Waals surface area contributed by atoms with Gasteiger partial charge in [-0.25, -0.2) is 9.97 Å². The van der Waals surface area contributed by atoms with Crippen LogP contribution in [0, 0.1) is 0 Å². The van der Waals surface area contributed by atoms with Crippen molar-refractivity contribution >= 4 is 65.7 Å². The summed E-state index contributed by atoms with van der Waals surface area (Å²) in [7, 11) is 0. The molecule has 0 fully saturated rings. The van der Waals surface area contributed by atoms with Gasteiger partial charge >= 0.3 is 0 Å². The molecule has 11 aromatic rings. The molecule has 4 heteroatoms. The van der Waals surface area contributed by atoms with Crippen molar-refractivity contribution in [2.24, 2.45) is 0 Å². The molecule has 8 aromatic carbocycles. The zero-order valence-corrected chi connectivity index (χ0v) is 37.6. The van der Waals surface area contributed by atoms with Crippen molar-refractivity contribution in [1.29, 1.82) is 0 Å². The minimum absolute atomic E-state index is 0.0907. The maximum atomic E-state index is 5.49. The standard InChI is InChI=1S/C60H42N4.C2H6/c1-60(2)51-29-10-6-22-44(51)45-27-15-20-40(36-52(45)60)39-19-14-21-41(35-39)43-26-16-28-48-50-37-42(63-54-31-12-8-23-46(54)47-24-9-13-32-55(47)63)33-34-56(50)64(58(43)48)59-61-53-30-11-7-25-49(53)57(62-59)38-17-4-3-5-18-38;1-2/h3-14,16-37H,15H2,1-2H3;1-2H3. The summed E-state index contributed by atoms with van der Waals surface area (Å²) in [5, 5.41) is 5.80. The fraction of sp³-hybridized carbons (Fsp3) is 0.0968. The highest BCUT2D eigenvalue weighted by Crippen LogP contribution is 2.51. The molecule has 0 saturated carbocycles. The zero-order valence-electron chi connectivity index (χ0n) is 37.6. The molecule has 0 saturated heterocycles. The number of hydrogen-bond donors (Lipinski definition) is 0. The first-order chi connectivity index (χ1) is 32.5. The van der Waals surface area contributed by atoms with Crippen LogP contribution in [-0.4, -0.2) is 19.1 Å². The Labute approximate surface area is 385 Å². The second-order valence-electron chi connectivity index (χ2n) is 17.7. The molecular weight excluding hydrogens is 801 g/mol. The summed E-state index contributed by atoms with van der Waals surface area (Å²) in [6.45, 7) is 8.73. The number of allylic oxidation sites excluding steroid dienone is 6. The Morgan fingerprint density at radius 3 is 1.89 bits per heavy atom. The predicted molar refractivity (Wildman–Crippen MR) is 279 cm³/mol. The third-order valence-corrected chi connectivity index (χ3v) is 13.8. The molecule has 0 atom stereocenters. The van der Waals surface area contributed by atoms with E-state index in [0.717, 1.165) is 67.2 Å². The van der Waals surface area contributed by atoms with E-state index in [0.29, 0.717) is 5.95 Å². The van der Waals surface area contributed by atoms with E-state index in [2.05, 4.69) is 229 Å². The SMILES string of the molecule is CC.CC1(C)C2=CC(c3cccc(-c4cccc5c6cc(-n7c8ccccc8c8ccccc87)ccc6n(-c6nc(-c7ccccc7)c7ccccc7n6)c45)c3)=CCC=C2c2ccccc21. The normalized spacial score (nSPS) is 14.1. The highest BCUT2D eigenvalue weighted by Gasteiger charge is 2.38. The molecule has 3 heterocycles. The topological polar surface area (TPSA) is 35.6 Å². The van der Waals surface area contributed by atoms with Crippen LogP contribution in [0.1, 0.15) is 50.8 Å². The van der Waals surface area contributed by atoms with Crippen LogP contribution in [0.4, 0.5) is 0 Å². The Bertz CT molecular complexity index is 3780. The van der Waals surface area contributed by atoms with Gasteiger partial charge in [0.25, 0.3) is 0 Å². The molecule has 0 unspecified atom stereocenters. The first kappa shape index (κ1) is 39.5. The molecular formula is C62H48N4. The Balaban J connectivity index is 0.00000225. The minimum atomic E-state index is -0.0907. The summed E-state index contributed by atoms with van der Waals surface area (Å²) >= 11 is 0. The van der Waals surface area contributed by atoms with Gasteiger partial charge in [-0.1, -0.05) is 185 Å². The van der Waals surface area contributed by atoms with E-state index < -0.39 is 0 Å².